The first-order valence-electron chi connectivity index (χ1n) is 12.8. The number of hydrogen-bond acceptors (Lipinski definition) is 6. The van der Waals surface area contributed by atoms with Crippen molar-refractivity contribution >= 4 is 5.65 Å². The van der Waals surface area contributed by atoms with Gasteiger partial charge >= 0.3 is 0 Å². The number of piperidine rings is 1. The van der Waals surface area contributed by atoms with Crippen LogP contribution in [0.25, 0.3) is 27.9 Å². The van der Waals surface area contributed by atoms with Gasteiger partial charge in [0.25, 0.3) is 0 Å². The fourth-order valence-electron chi connectivity index (χ4n) is 5.08. The summed E-state index contributed by atoms with van der Waals surface area (Å²) in [5, 5.41) is 24.2. The number of aliphatic hydroxyl groups is 2. The third-order valence-corrected chi connectivity index (χ3v) is 7.44. The summed E-state index contributed by atoms with van der Waals surface area (Å²) in [5.74, 6) is 0.890. The molecule has 0 radical (unpaired) electrons. The van der Waals surface area contributed by atoms with Crippen molar-refractivity contribution in [2.24, 2.45) is 0 Å². The van der Waals surface area contributed by atoms with Crippen LogP contribution < -0.4 is 4.74 Å². The van der Waals surface area contributed by atoms with Crippen LogP contribution in [0.1, 0.15) is 44.3 Å². The van der Waals surface area contributed by atoms with E-state index >= 15 is 0 Å². The lowest BCUT2D eigenvalue weighted by Gasteiger charge is -2.32. The van der Waals surface area contributed by atoms with E-state index in [1.54, 1.807) is 11.4 Å². The number of likely N-dealkylation sites (tertiary alicyclic amines) is 1. The number of benzene rings is 2. The highest BCUT2D eigenvalue weighted by molar-refractivity contribution is 5.78. The second-order valence-electron chi connectivity index (χ2n) is 10.3. The first kappa shape index (κ1) is 23.2. The zero-order valence-electron chi connectivity index (χ0n) is 20.5. The number of nitrogens with zero attached hydrogens (tertiary/aromatic N) is 4. The zero-order chi connectivity index (χ0) is 24.7. The lowest BCUT2D eigenvalue weighted by molar-refractivity contribution is 0.0505. The average molecular weight is 485 g/mol. The fraction of sp³-hybridized carbons (Fsp3) is 0.379. The van der Waals surface area contributed by atoms with Crippen molar-refractivity contribution in [2.45, 2.75) is 50.4 Å². The quantitative estimate of drug-likeness (QED) is 0.402. The molecule has 0 spiro atoms. The monoisotopic (exact) mass is 484 g/mol. The van der Waals surface area contributed by atoms with E-state index in [-0.39, 0.29) is 11.7 Å². The Morgan fingerprint density at radius 3 is 2.53 bits per heavy atom. The van der Waals surface area contributed by atoms with Crippen LogP contribution in [0.2, 0.25) is 0 Å². The minimum atomic E-state index is -0.521. The fourth-order valence-corrected chi connectivity index (χ4v) is 5.08. The molecule has 0 bridgehead atoms. The molecule has 1 aliphatic carbocycles. The Balaban J connectivity index is 1.17. The second kappa shape index (κ2) is 9.32. The van der Waals surface area contributed by atoms with Crippen molar-refractivity contribution < 1.29 is 14.9 Å². The molecule has 1 atom stereocenters. The Hall–Kier alpha value is -3.26. The van der Waals surface area contributed by atoms with Crippen LogP contribution in [0, 0.1) is 0 Å². The first-order chi connectivity index (χ1) is 17.5. The SMILES string of the molecule is CC(O)c1cccc(-c2cnn3cc(-c4ccc(OC5(CN6CCC(O)CC6)CC5)cc4)cnc23)c1. The van der Waals surface area contributed by atoms with Gasteiger partial charge in [-0.3, -0.25) is 4.90 Å². The molecule has 3 heterocycles. The van der Waals surface area contributed by atoms with E-state index in [9.17, 15) is 10.2 Å². The highest BCUT2D eigenvalue weighted by Gasteiger charge is 2.47. The van der Waals surface area contributed by atoms with E-state index in [0.29, 0.717) is 0 Å². The molecule has 2 N–H and O–H groups in total. The predicted molar refractivity (Wildman–Crippen MR) is 139 cm³/mol. The van der Waals surface area contributed by atoms with Crippen LogP contribution in [-0.4, -0.2) is 61.1 Å². The third kappa shape index (κ3) is 4.74. The Kier molecular flexibility index (Phi) is 5.99. The van der Waals surface area contributed by atoms with Crippen LogP contribution in [0.3, 0.4) is 0 Å². The molecule has 186 valence electrons. The van der Waals surface area contributed by atoms with Crippen molar-refractivity contribution in [3.63, 3.8) is 0 Å². The zero-order valence-corrected chi connectivity index (χ0v) is 20.5. The molecule has 2 aromatic carbocycles. The molecular weight excluding hydrogens is 452 g/mol. The van der Waals surface area contributed by atoms with Crippen molar-refractivity contribution in [3.8, 4) is 28.0 Å². The highest BCUT2D eigenvalue weighted by atomic mass is 16.5. The molecule has 1 aliphatic heterocycles. The van der Waals surface area contributed by atoms with Crippen LogP contribution >= 0.6 is 0 Å². The lowest BCUT2D eigenvalue weighted by Crippen LogP contribution is -2.43. The van der Waals surface area contributed by atoms with Crippen molar-refractivity contribution in [1.82, 2.24) is 19.5 Å². The molecule has 2 aromatic heterocycles. The molecular formula is C29H32N4O3. The molecule has 1 unspecified atom stereocenters. The molecule has 1 saturated carbocycles. The van der Waals surface area contributed by atoms with E-state index < -0.39 is 6.10 Å². The summed E-state index contributed by atoms with van der Waals surface area (Å²) in [5.41, 5.74) is 5.52. The summed E-state index contributed by atoms with van der Waals surface area (Å²) in [6, 6.07) is 16.1. The Labute approximate surface area is 211 Å². The van der Waals surface area contributed by atoms with Gasteiger partial charge in [-0.2, -0.15) is 5.10 Å². The number of aliphatic hydroxyl groups excluding tert-OH is 2. The van der Waals surface area contributed by atoms with E-state index in [1.807, 2.05) is 55.0 Å². The largest absolute Gasteiger partial charge is 0.486 e. The summed E-state index contributed by atoms with van der Waals surface area (Å²) in [7, 11) is 0. The summed E-state index contributed by atoms with van der Waals surface area (Å²) in [6.45, 7) is 4.59. The van der Waals surface area contributed by atoms with Crippen LogP contribution in [0.4, 0.5) is 0 Å². The molecule has 2 aliphatic rings. The van der Waals surface area contributed by atoms with Gasteiger partial charge in [0.05, 0.1) is 18.4 Å². The minimum Gasteiger partial charge on any atom is -0.486 e. The van der Waals surface area contributed by atoms with Gasteiger partial charge in [-0.1, -0.05) is 30.3 Å². The standard InChI is InChI=1S/C29H32N4O3/c1-20(34)22-3-2-4-23(15-22)27-17-31-33-18-24(16-30-28(27)33)21-5-7-26(8-6-21)36-29(11-12-29)19-32-13-9-25(35)10-14-32/h2-8,15-18,20,25,34-35H,9-14,19H2,1H3. The van der Waals surface area contributed by atoms with E-state index in [2.05, 4.69) is 22.1 Å². The normalized spacial score (nSPS) is 18.9. The van der Waals surface area contributed by atoms with Gasteiger partial charge in [0.1, 0.15) is 11.4 Å². The summed E-state index contributed by atoms with van der Waals surface area (Å²) in [6.07, 6.45) is 8.90. The van der Waals surface area contributed by atoms with Gasteiger partial charge in [-0.15, -0.1) is 0 Å². The maximum Gasteiger partial charge on any atom is 0.162 e. The molecule has 0 amide bonds. The molecule has 1 saturated heterocycles. The second-order valence-corrected chi connectivity index (χ2v) is 10.3. The Morgan fingerprint density at radius 1 is 1.03 bits per heavy atom. The average Bonchev–Trinajstić information content (AvgIpc) is 3.51. The molecule has 2 fully saturated rings. The highest BCUT2D eigenvalue weighted by Crippen LogP contribution is 2.41. The van der Waals surface area contributed by atoms with Gasteiger partial charge in [-0.25, -0.2) is 9.50 Å². The number of aromatic nitrogens is 3. The molecule has 7 heteroatoms. The molecule has 6 rings (SSSR count). The lowest BCUT2D eigenvalue weighted by atomic mass is 10.0. The number of fused-ring (bicyclic) bond motifs is 1. The summed E-state index contributed by atoms with van der Waals surface area (Å²) in [4.78, 5) is 7.14. The van der Waals surface area contributed by atoms with Crippen LogP contribution in [0.15, 0.2) is 67.1 Å². The van der Waals surface area contributed by atoms with E-state index in [4.69, 9.17) is 9.72 Å². The third-order valence-electron chi connectivity index (χ3n) is 7.44. The Bertz CT molecular complexity index is 1350. The van der Waals surface area contributed by atoms with E-state index in [0.717, 1.165) is 84.5 Å². The van der Waals surface area contributed by atoms with E-state index in [1.165, 1.54) is 0 Å². The van der Waals surface area contributed by atoms with Crippen LogP contribution in [0.5, 0.6) is 5.75 Å². The van der Waals surface area contributed by atoms with Crippen molar-refractivity contribution in [2.75, 3.05) is 19.6 Å². The maximum atomic E-state index is 9.93. The first-order valence-corrected chi connectivity index (χ1v) is 12.8. The predicted octanol–water partition coefficient (Wildman–Crippen LogP) is 4.48. The summed E-state index contributed by atoms with van der Waals surface area (Å²) >= 11 is 0. The molecule has 4 aromatic rings. The van der Waals surface area contributed by atoms with Crippen LogP contribution in [-0.2, 0) is 0 Å². The topological polar surface area (TPSA) is 83.1 Å². The van der Waals surface area contributed by atoms with Gasteiger partial charge in [0.15, 0.2) is 5.65 Å². The van der Waals surface area contributed by atoms with Gasteiger partial charge < -0.3 is 14.9 Å². The molecule has 7 nitrogen and oxygen atoms in total. The minimum absolute atomic E-state index is 0.0825. The Morgan fingerprint density at radius 2 is 1.81 bits per heavy atom. The number of ether oxygens (including phenoxy) is 1. The van der Waals surface area contributed by atoms with Gasteiger partial charge in [0.2, 0.25) is 0 Å². The van der Waals surface area contributed by atoms with Gasteiger partial charge in [-0.05, 0) is 67.5 Å². The number of rotatable bonds is 7. The van der Waals surface area contributed by atoms with Crippen molar-refractivity contribution in [1.29, 1.82) is 0 Å². The van der Waals surface area contributed by atoms with Gasteiger partial charge in [0, 0.05) is 43.2 Å². The smallest absolute Gasteiger partial charge is 0.162 e. The number of hydrogen-bond donors (Lipinski definition) is 2. The molecule has 36 heavy (non-hydrogen) atoms. The maximum absolute atomic E-state index is 9.93. The summed E-state index contributed by atoms with van der Waals surface area (Å²) < 4.78 is 8.23. The van der Waals surface area contributed by atoms with Crippen molar-refractivity contribution in [3.05, 3.63) is 72.7 Å².